The number of carbonyl (C=O) groups excluding carboxylic acids is 2. The number of aliphatic hydroxyl groups excluding tert-OH is 1. The standard InChI is InChI=1S/C50H99NO7/c1-7-13-27-46(28-14-8-2)34-42-57-50(58-43-35-47(29-15-9-3)30-16-10-4)36-44-56-49(54)32-22-20-24-38-51(39-40-52)37-23-19-17-18-21-31-48(53)55-41-33-45(25-11-5)26-12-6/h45-47,50,52H,7-44H2,1-6H3. The molecule has 8 nitrogen and oxygen atoms in total. The molecule has 0 aromatic carbocycles. The third kappa shape index (κ3) is 36.6. The van der Waals surface area contributed by atoms with Crippen molar-refractivity contribution in [1.82, 2.24) is 4.90 Å². The molecule has 0 aliphatic rings. The fourth-order valence-corrected chi connectivity index (χ4v) is 8.18. The second-order valence-electron chi connectivity index (χ2n) is 17.4. The van der Waals surface area contributed by atoms with E-state index in [9.17, 15) is 14.7 Å². The van der Waals surface area contributed by atoms with E-state index in [0.717, 1.165) is 83.7 Å². The highest BCUT2D eigenvalue weighted by molar-refractivity contribution is 5.69. The number of aliphatic hydroxyl groups is 1. The molecule has 1 N–H and O–H groups in total. The summed E-state index contributed by atoms with van der Waals surface area (Å²) >= 11 is 0. The number of hydrogen-bond donors (Lipinski definition) is 1. The molecular weight excluding hydrogens is 727 g/mol. The largest absolute Gasteiger partial charge is 0.466 e. The van der Waals surface area contributed by atoms with E-state index in [1.807, 2.05) is 0 Å². The van der Waals surface area contributed by atoms with Gasteiger partial charge in [0.2, 0.25) is 0 Å². The van der Waals surface area contributed by atoms with Crippen LogP contribution in [-0.4, -0.2) is 80.9 Å². The first-order valence-corrected chi connectivity index (χ1v) is 25.2. The monoisotopic (exact) mass is 826 g/mol. The van der Waals surface area contributed by atoms with E-state index in [1.54, 1.807) is 0 Å². The van der Waals surface area contributed by atoms with Crippen LogP contribution in [0.3, 0.4) is 0 Å². The third-order valence-electron chi connectivity index (χ3n) is 11.9. The average Bonchev–Trinajstić information content (AvgIpc) is 3.21. The summed E-state index contributed by atoms with van der Waals surface area (Å²) in [6.07, 6.45) is 32.5. The maximum absolute atomic E-state index is 12.7. The van der Waals surface area contributed by atoms with Crippen molar-refractivity contribution in [3.63, 3.8) is 0 Å². The summed E-state index contributed by atoms with van der Waals surface area (Å²) in [4.78, 5) is 27.1. The Labute approximate surface area is 360 Å². The minimum atomic E-state index is -0.325. The van der Waals surface area contributed by atoms with Crippen molar-refractivity contribution < 1.29 is 33.6 Å². The molecule has 0 spiro atoms. The van der Waals surface area contributed by atoms with E-state index < -0.39 is 0 Å². The predicted octanol–water partition coefficient (Wildman–Crippen LogP) is 13.4. The van der Waals surface area contributed by atoms with Crippen LogP contribution in [0, 0.1) is 17.8 Å². The lowest BCUT2D eigenvalue weighted by atomic mass is 9.93. The first kappa shape index (κ1) is 56.8. The van der Waals surface area contributed by atoms with Crippen LogP contribution in [0.2, 0.25) is 0 Å². The Morgan fingerprint density at radius 3 is 1.22 bits per heavy atom. The van der Waals surface area contributed by atoms with Gasteiger partial charge in [0.15, 0.2) is 6.29 Å². The van der Waals surface area contributed by atoms with Crippen molar-refractivity contribution in [2.45, 2.75) is 240 Å². The summed E-state index contributed by atoms with van der Waals surface area (Å²) < 4.78 is 23.9. The van der Waals surface area contributed by atoms with Gasteiger partial charge in [0, 0.05) is 39.0 Å². The van der Waals surface area contributed by atoms with Gasteiger partial charge < -0.3 is 29.0 Å². The van der Waals surface area contributed by atoms with Crippen molar-refractivity contribution in [2.75, 3.05) is 52.7 Å². The van der Waals surface area contributed by atoms with E-state index >= 15 is 0 Å². The molecule has 346 valence electrons. The minimum Gasteiger partial charge on any atom is -0.466 e. The Balaban J connectivity index is 4.46. The van der Waals surface area contributed by atoms with Crippen molar-refractivity contribution in [3.8, 4) is 0 Å². The molecule has 0 radical (unpaired) electrons. The Morgan fingerprint density at radius 1 is 0.414 bits per heavy atom. The van der Waals surface area contributed by atoms with E-state index in [4.69, 9.17) is 18.9 Å². The maximum Gasteiger partial charge on any atom is 0.305 e. The van der Waals surface area contributed by atoms with E-state index in [0.29, 0.717) is 70.0 Å². The summed E-state index contributed by atoms with van der Waals surface area (Å²) in [6.45, 7) is 18.6. The zero-order valence-corrected chi connectivity index (χ0v) is 39.5. The molecule has 0 saturated carbocycles. The number of hydrogen-bond acceptors (Lipinski definition) is 8. The molecule has 0 bridgehead atoms. The van der Waals surface area contributed by atoms with Crippen LogP contribution in [0.15, 0.2) is 0 Å². The highest BCUT2D eigenvalue weighted by Crippen LogP contribution is 2.23. The molecule has 0 heterocycles. The minimum absolute atomic E-state index is 0.0454. The SMILES string of the molecule is CCCCC(CCCC)CCOC(CCOC(=O)CCCCCN(CCO)CCCCCCCC(=O)OCCC(CCC)CCC)OCCC(CCCC)CCCC. The number of unbranched alkanes of at least 4 members (excludes halogenated alkanes) is 10. The van der Waals surface area contributed by atoms with Crippen LogP contribution in [0.5, 0.6) is 0 Å². The molecule has 58 heavy (non-hydrogen) atoms. The Morgan fingerprint density at radius 2 is 0.793 bits per heavy atom. The van der Waals surface area contributed by atoms with Crippen molar-refractivity contribution in [1.29, 1.82) is 0 Å². The van der Waals surface area contributed by atoms with Gasteiger partial charge in [-0.15, -0.1) is 0 Å². The lowest BCUT2D eigenvalue weighted by molar-refractivity contribution is -0.163. The average molecular weight is 826 g/mol. The molecule has 0 fully saturated rings. The van der Waals surface area contributed by atoms with Crippen LogP contribution >= 0.6 is 0 Å². The number of rotatable bonds is 46. The topological polar surface area (TPSA) is 94.5 Å². The van der Waals surface area contributed by atoms with Crippen molar-refractivity contribution >= 4 is 11.9 Å². The van der Waals surface area contributed by atoms with Gasteiger partial charge in [-0.2, -0.15) is 0 Å². The zero-order valence-electron chi connectivity index (χ0n) is 39.5. The first-order valence-electron chi connectivity index (χ1n) is 25.2. The Kier molecular flexibility index (Phi) is 42.9. The van der Waals surface area contributed by atoms with E-state index in [2.05, 4.69) is 46.4 Å². The predicted molar refractivity (Wildman–Crippen MR) is 244 cm³/mol. The molecule has 0 aromatic rings. The second-order valence-corrected chi connectivity index (χ2v) is 17.4. The van der Waals surface area contributed by atoms with E-state index in [1.165, 1.54) is 103 Å². The lowest BCUT2D eigenvalue weighted by Gasteiger charge is -2.23. The Hall–Kier alpha value is -1.22. The summed E-state index contributed by atoms with van der Waals surface area (Å²) in [6, 6.07) is 0. The van der Waals surface area contributed by atoms with Crippen LogP contribution in [0.1, 0.15) is 234 Å². The van der Waals surface area contributed by atoms with Crippen molar-refractivity contribution in [3.05, 3.63) is 0 Å². The molecule has 0 unspecified atom stereocenters. The summed E-state index contributed by atoms with van der Waals surface area (Å²) in [5.41, 5.74) is 0. The van der Waals surface area contributed by atoms with Gasteiger partial charge in [0.05, 0.1) is 19.8 Å². The molecule has 0 amide bonds. The smallest absolute Gasteiger partial charge is 0.305 e. The molecule has 0 rings (SSSR count). The van der Waals surface area contributed by atoms with Crippen LogP contribution in [0.25, 0.3) is 0 Å². The fourth-order valence-electron chi connectivity index (χ4n) is 8.18. The molecule has 8 heteroatoms. The highest BCUT2D eigenvalue weighted by atomic mass is 16.7. The highest BCUT2D eigenvalue weighted by Gasteiger charge is 2.16. The molecule has 0 atom stereocenters. The summed E-state index contributed by atoms with van der Waals surface area (Å²) in [5, 5.41) is 9.61. The molecule has 0 aromatic heterocycles. The quantitative estimate of drug-likeness (QED) is 0.0368. The zero-order chi connectivity index (χ0) is 42.7. The lowest BCUT2D eigenvalue weighted by Crippen LogP contribution is -2.29. The fraction of sp³-hybridized carbons (Fsp3) is 0.960. The van der Waals surface area contributed by atoms with Gasteiger partial charge in [0.1, 0.15) is 0 Å². The Bertz CT molecular complexity index is 825. The summed E-state index contributed by atoms with van der Waals surface area (Å²) in [7, 11) is 0. The van der Waals surface area contributed by atoms with Crippen molar-refractivity contribution in [2.24, 2.45) is 17.8 Å². The van der Waals surface area contributed by atoms with Gasteiger partial charge in [-0.3, -0.25) is 9.59 Å². The molecular formula is C50H99NO7. The maximum atomic E-state index is 12.7. The summed E-state index contributed by atoms with van der Waals surface area (Å²) in [5.74, 6) is 1.93. The van der Waals surface area contributed by atoms with Gasteiger partial charge >= 0.3 is 11.9 Å². The van der Waals surface area contributed by atoms with E-state index in [-0.39, 0.29) is 24.8 Å². The van der Waals surface area contributed by atoms with Crippen LogP contribution in [0.4, 0.5) is 0 Å². The molecule has 0 aliphatic heterocycles. The number of carbonyl (C=O) groups is 2. The van der Waals surface area contributed by atoms with Crippen LogP contribution < -0.4 is 0 Å². The van der Waals surface area contributed by atoms with Gasteiger partial charge in [-0.25, -0.2) is 0 Å². The first-order chi connectivity index (χ1) is 28.4. The third-order valence-corrected chi connectivity index (χ3v) is 11.9. The van der Waals surface area contributed by atoms with Gasteiger partial charge in [-0.1, -0.05) is 170 Å². The second kappa shape index (κ2) is 43.9. The number of ether oxygens (including phenoxy) is 4. The normalized spacial score (nSPS) is 11.9. The molecule has 0 saturated heterocycles. The number of esters is 2. The number of nitrogens with zero attached hydrogens (tertiary/aromatic N) is 1. The van der Waals surface area contributed by atoms with Gasteiger partial charge in [0.25, 0.3) is 0 Å². The van der Waals surface area contributed by atoms with Gasteiger partial charge in [-0.05, 0) is 75.8 Å². The van der Waals surface area contributed by atoms with Crippen LogP contribution in [-0.2, 0) is 28.5 Å². The molecule has 0 aliphatic carbocycles.